The maximum Gasteiger partial charge on any atom is 0.227 e. The smallest absolute Gasteiger partial charge is 0.227 e. The van der Waals surface area contributed by atoms with Gasteiger partial charge in [0.25, 0.3) is 0 Å². The summed E-state index contributed by atoms with van der Waals surface area (Å²) in [7, 11) is 1.93. The molecule has 0 aromatic carbocycles. The van der Waals surface area contributed by atoms with Gasteiger partial charge in [0.15, 0.2) is 0 Å². The molecule has 1 fully saturated rings. The molecule has 3 heteroatoms. The van der Waals surface area contributed by atoms with Crippen molar-refractivity contribution in [3.8, 4) is 0 Å². The van der Waals surface area contributed by atoms with E-state index in [9.17, 15) is 4.79 Å². The molecule has 0 radical (unpaired) electrons. The zero-order valence-corrected chi connectivity index (χ0v) is 11.8. The number of rotatable bonds is 4. The van der Waals surface area contributed by atoms with E-state index in [1.54, 1.807) is 0 Å². The van der Waals surface area contributed by atoms with E-state index >= 15 is 0 Å². The van der Waals surface area contributed by atoms with E-state index < -0.39 is 0 Å². The molecule has 0 bridgehead atoms. The van der Waals surface area contributed by atoms with Gasteiger partial charge in [-0.2, -0.15) is 0 Å². The van der Waals surface area contributed by atoms with Gasteiger partial charge in [0.2, 0.25) is 5.91 Å². The van der Waals surface area contributed by atoms with Crippen molar-refractivity contribution in [2.24, 2.45) is 17.6 Å². The van der Waals surface area contributed by atoms with Crippen LogP contribution in [0.4, 0.5) is 0 Å². The van der Waals surface area contributed by atoms with E-state index in [1.165, 1.54) is 6.42 Å². The lowest BCUT2D eigenvalue weighted by molar-refractivity contribution is -0.138. The van der Waals surface area contributed by atoms with Crippen LogP contribution in [-0.2, 0) is 4.79 Å². The Morgan fingerprint density at radius 3 is 2.71 bits per heavy atom. The van der Waals surface area contributed by atoms with Gasteiger partial charge >= 0.3 is 0 Å². The first-order valence-corrected chi connectivity index (χ1v) is 7.01. The molecular formula is C14H28N2O. The Bertz CT molecular complexity index is 255. The molecule has 1 aliphatic carbocycles. The maximum atomic E-state index is 12.4. The van der Waals surface area contributed by atoms with E-state index in [0.717, 1.165) is 25.7 Å². The van der Waals surface area contributed by atoms with Gasteiger partial charge in [-0.05, 0) is 32.1 Å². The highest BCUT2D eigenvalue weighted by atomic mass is 16.2. The number of nitrogens with two attached hydrogens (primary N) is 1. The van der Waals surface area contributed by atoms with E-state index in [1.807, 2.05) is 11.9 Å². The van der Waals surface area contributed by atoms with Crippen molar-refractivity contribution in [3.63, 3.8) is 0 Å². The van der Waals surface area contributed by atoms with Gasteiger partial charge in [-0.3, -0.25) is 4.79 Å². The third-order valence-electron chi connectivity index (χ3n) is 4.33. The highest BCUT2D eigenvalue weighted by Gasteiger charge is 2.35. The van der Waals surface area contributed by atoms with Crippen molar-refractivity contribution in [2.45, 2.75) is 65.0 Å². The lowest BCUT2D eigenvalue weighted by Crippen LogP contribution is -2.49. The summed E-state index contributed by atoms with van der Waals surface area (Å²) < 4.78 is 0. The molecule has 100 valence electrons. The average molecular weight is 240 g/mol. The van der Waals surface area contributed by atoms with Crippen LogP contribution in [0.2, 0.25) is 0 Å². The molecule has 1 rings (SSSR count). The highest BCUT2D eigenvalue weighted by molar-refractivity contribution is 5.79. The number of amides is 1. The van der Waals surface area contributed by atoms with Gasteiger partial charge in [-0.15, -0.1) is 0 Å². The first-order chi connectivity index (χ1) is 7.99. The largest absolute Gasteiger partial charge is 0.343 e. The molecule has 1 amide bonds. The number of hydrogen-bond acceptors (Lipinski definition) is 2. The monoisotopic (exact) mass is 240 g/mol. The standard InChI is InChI=1S/C14H28N2O/c1-5-7-11(3)16(4)14(17)12-9-6-8-10(2)13(12)15/h10-13H,5-9,15H2,1-4H3. The minimum Gasteiger partial charge on any atom is -0.343 e. The molecule has 1 aliphatic rings. The SMILES string of the molecule is CCCC(C)N(C)C(=O)C1CCCC(C)C1N. The molecule has 0 aliphatic heterocycles. The summed E-state index contributed by atoms with van der Waals surface area (Å²) in [5.41, 5.74) is 6.19. The highest BCUT2D eigenvalue weighted by Crippen LogP contribution is 2.29. The van der Waals surface area contributed by atoms with Crippen molar-refractivity contribution in [1.82, 2.24) is 4.90 Å². The topological polar surface area (TPSA) is 46.3 Å². The van der Waals surface area contributed by atoms with Crippen molar-refractivity contribution in [3.05, 3.63) is 0 Å². The Morgan fingerprint density at radius 2 is 2.12 bits per heavy atom. The van der Waals surface area contributed by atoms with Crippen LogP contribution in [0, 0.1) is 11.8 Å². The van der Waals surface area contributed by atoms with Gasteiger partial charge in [0, 0.05) is 19.1 Å². The van der Waals surface area contributed by atoms with Gasteiger partial charge in [-0.25, -0.2) is 0 Å². The number of nitrogens with zero attached hydrogens (tertiary/aromatic N) is 1. The Balaban J connectivity index is 2.61. The number of carbonyl (C=O) groups excluding carboxylic acids is 1. The minimum atomic E-state index is 0.0445. The summed E-state index contributed by atoms with van der Waals surface area (Å²) in [4.78, 5) is 14.3. The second kappa shape index (κ2) is 6.39. The van der Waals surface area contributed by atoms with Crippen molar-refractivity contribution >= 4 is 5.91 Å². The normalized spacial score (nSPS) is 31.0. The zero-order valence-electron chi connectivity index (χ0n) is 11.8. The molecule has 0 heterocycles. The van der Waals surface area contributed by atoms with Crippen LogP contribution in [0.25, 0.3) is 0 Å². The van der Waals surface area contributed by atoms with Crippen molar-refractivity contribution in [2.75, 3.05) is 7.05 Å². The summed E-state index contributed by atoms with van der Waals surface area (Å²) in [6.45, 7) is 6.45. The second-order valence-corrected chi connectivity index (χ2v) is 5.68. The fraction of sp³-hybridized carbons (Fsp3) is 0.929. The van der Waals surface area contributed by atoms with E-state index in [2.05, 4.69) is 20.8 Å². The third kappa shape index (κ3) is 3.44. The third-order valence-corrected chi connectivity index (χ3v) is 4.33. The zero-order chi connectivity index (χ0) is 13.0. The first kappa shape index (κ1) is 14.5. The number of hydrogen-bond donors (Lipinski definition) is 1. The molecule has 2 N–H and O–H groups in total. The lowest BCUT2D eigenvalue weighted by Gasteiger charge is -2.37. The minimum absolute atomic E-state index is 0.0445. The molecule has 4 atom stereocenters. The van der Waals surface area contributed by atoms with Gasteiger partial charge in [0.1, 0.15) is 0 Å². The molecule has 1 saturated carbocycles. The molecule has 3 nitrogen and oxygen atoms in total. The second-order valence-electron chi connectivity index (χ2n) is 5.68. The van der Waals surface area contributed by atoms with Crippen LogP contribution in [-0.4, -0.2) is 29.9 Å². The van der Waals surface area contributed by atoms with E-state index in [4.69, 9.17) is 5.73 Å². The molecule has 0 saturated heterocycles. The van der Waals surface area contributed by atoms with Gasteiger partial charge in [-0.1, -0.05) is 26.7 Å². The van der Waals surface area contributed by atoms with Crippen molar-refractivity contribution < 1.29 is 4.79 Å². The van der Waals surface area contributed by atoms with Crippen LogP contribution in [0.3, 0.4) is 0 Å². The quantitative estimate of drug-likeness (QED) is 0.820. The fourth-order valence-corrected chi connectivity index (χ4v) is 2.82. The molecule has 17 heavy (non-hydrogen) atoms. The Labute approximate surface area is 106 Å². The fourth-order valence-electron chi connectivity index (χ4n) is 2.82. The summed E-state index contributed by atoms with van der Waals surface area (Å²) in [5.74, 6) is 0.778. The summed E-state index contributed by atoms with van der Waals surface area (Å²) >= 11 is 0. The van der Waals surface area contributed by atoms with Gasteiger partial charge in [0.05, 0.1) is 5.92 Å². The average Bonchev–Trinajstić information content (AvgIpc) is 2.31. The predicted molar refractivity (Wildman–Crippen MR) is 71.6 cm³/mol. The molecule has 0 spiro atoms. The Hall–Kier alpha value is -0.570. The van der Waals surface area contributed by atoms with Gasteiger partial charge < -0.3 is 10.6 Å². The molecule has 0 aromatic heterocycles. The van der Waals surface area contributed by atoms with Crippen LogP contribution in [0.15, 0.2) is 0 Å². The molecule has 4 unspecified atom stereocenters. The summed E-state index contributed by atoms with van der Waals surface area (Å²) in [6.07, 6.45) is 5.46. The summed E-state index contributed by atoms with van der Waals surface area (Å²) in [5, 5.41) is 0. The Morgan fingerprint density at radius 1 is 1.47 bits per heavy atom. The van der Waals surface area contributed by atoms with Crippen LogP contribution < -0.4 is 5.73 Å². The van der Waals surface area contributed by atoms with E-state index in [-0.39, 0.29) is 17.9 Å². The maximum absolute atomic E-state index is 12.4. The Kier molecular flexibility index (Phi) is 5.44. The van der Waals surface area contributed by atoms with E-state index in [0.29, 0.717) is 12.0 Å². The van der Waals surface area contributed by atoms with Crippen molar-refractivity contribution in [1.29, 1.82) is 0 Å². The number of carbonyl (C=O) groups is 1. The summed E-state index contributed by atoms with van der Waals surface area (Å²) in [6, 6.07) is 0.379. The van der Waals surface area contributed by atoms with Crippen LogP contribution >= 0.6 is 0 Å². The van der Waals surface area contributed by atoms with Crippen LogP contribution in [0.1, 0.15) is 52.9 Å². The molecular weight excluding hydrogens is 212 g/mol. The lowest BCUT2D eigenvalue weighted by atomic mass is 9.77. The molecule has 0 aromatic rings. The predicted octanol–water partition coefficient (Wildman–Crippen LogP) is 2.40. The first-order valence-electron chi connectivity index (χ1n) is 7.01. The van der Waals surface area contributed by atoms with Crippen LogP contribution in [0.5, 0.6) is 0 Å².